The average molecular weight is 310 g/mol. The first-order valence-electron chi connectivity index (χ1n) is 8.55. The van der Waals surface area contributed by atoms with Crippen LogP contribution in [0.4, 0.5) is 5.69 Å². The van der Waals surface area contributed by atoms with E-state index in [0.29, 0.717) is 5.92 Å². The van der Waals surface area contributed by atoms with Crippen molar-refractivity contribution in [3.63, 3.8) is 0 Å². The second-order valence-corrected chi connectivity index (χ2v) is 6.72. The van der Waals surface area contributed by atoms with Crippen LogP contribution in [0.15, 0.2) is 60.3 Å². The molecule has 0 amide bonds. The highest BCUT2D eigenvalue weighted by atomic mass is 15.2. The van der Waals surface area contributed by atoms with Gasteiger partial charge in [-0.05, 0) is 63.1 Å². The summed E-state index contributed by atoms with van der Waals surface area (Å²) < 4.78 is 0. The Morgan fingerprint density at radius 3 is 2.65 bits per heavy atom. The third kappa shape index (κ3) is 4.35. The van der Waals surface area contributed by atoms with Crippen LogP contribution in [0, 0.1) is 5.92 Å². The van der Waals surface area contributed by atoms with Crippen LogP contribution in [0.5, 0.6) is 0 Å². The van der Waals surface area contributed by atoms with Gasteiger partial charge in [0.05, 0.1) is 0 Å². The Balaban J connectivity index is 2.44. The highest BCUT2D eigenvalue weighted by Crippen LogP contribution is 2.33. The number of rotatable bonds is 6. The molecule has 1 aliphatic rings. The van der Waals surface area contributed by atoms with Crippen LogP contribution < -0.4 is 4.90 Å². The number of aryl methyl sites for hydroxylation is 1. The third-order valence-corrected chi connectivity index (χ3v) is 4.30. The fraction of sp³-hybridized carbons (Fsp3) is 0.429. The molecule has 2 heteroatoms. The first-order valence-corrected chi connectivity index (χ1v) is 8.55. The van der Waals surface area contributed by atoms with E-state index in [1.165, 1.54) is 22.5 Å². The molecule has 1 heterocycles. The second kappa shape index (κ2) is 8.16. The molecule has 1 aromatic rings. The number of para-hydroxylation sites is 1. The van der Waals surface area contributed by atoms with Crippen molar-refractivity contribution in [1.82, 2.24) is 4.90 Å². The molecular weight excluding hydrogens is 280 g/mol. The first-order chi connectivity index (χ1) is 11.1. The van der Waals surface area contributed by atoms with Crippen LogP contribution in [0.25, 0.3) is 0 Å². The number of benzene rings is 1. The van der Waals surface area contributed by atoms with E-state index >= 15 is 0 Å². The molecule has 0 spiro atoms. The average Bonchev–Trinajstić information content (AvgIpc) is 2.65. The molecule has 2 rings (SSSR count). The van der Waals surface area contributed by atoms with Crippen LogP contribution in [0.2, 0.25) is 0 Å². The third-order valence-electron chi connectivity index (χ3n) is 4.30. The monoisotopic (exact) mass is 310 g/mol. The van der Waals surface area contributed by atoms with Gasteiger partial charge in [0.25, 0.3) is 0 Å². The highest BCUT2D eigenvalue weighted by Gasteiger charge is 2.22. The Bertz CT molecular complexity index is 596. The predicted octanol–water partition coefficient (Wildman–Crippen LogP) is 4.65. The van der Waals surface area contributed by atoms with Gasteiger partial charge in [0.15, 0.2) is 0 Å². The minimum absolute atomic E-state index is 0.581. The summed E-state index contributed by atoms with van der Waals surface area (Å²) in [6.07, 6.45) is 8.57. The topological polar surface area (TPSA) is 6.48 Å². The van der Waals surface area contributed by atoms with Gasteiger partial charge in [0.1, 0.15) is 0 Å². The molecule has 0 radical (unpaired) electrons. The Hall–Kier alpha value is -1.80. The van der Waals surface area contributed by atoms with Crippen molar-refractivity contribution in [3.05, 3.63) is 65.9 Å². The number of fused-ring (bicyclic) bond motifs is 1. The molecule has 1 aliphatic heterocycles. The molecule has 0 aliphatic carbocycles. The maximum Gasteiger partial charge on any atom is 0.0443 e. The number of anilines is 1. The smallest absolute Gasteiger partial charge is 0.0443 e. The van der Waals surface area contributed by atoms with Crippen molar-refractivity contribution < 1.29 is 0 Å². The van der Waals surface area contributed by atoms with E-state index in [4.69, 9.17) is 0 Å². The van der Waals surface area contributed by atoms with E-state index < -0.39 is 0 Å². The van der Waals surface area contributed by atoms with Gasteiger partial charge in [-0.3, -0.25) is 0 Å². The van der Waals surface area contributed by atoms with Crippen LogP contribution in [0.1, 0.15) is 25.8 Å². The molecule has 124 valence electrons. The largest absolute Gasteiger partial charge is 0.341 e. The van der Waals surface area contributed by atoms with Crippen LogP contribution >= 0.6 is 0 Å². The zero-order chi connectivity index (χ0) is 16.8. The van der Waals surface area contributed by atoms with Crippen LogP contribution in [-0.4, -0.2) is 32.1 Å². The fourth-order valence-electron chi connectivity index (χ4n) is 3.49. The van der Waals surface area contributed by atoms with Crippen LogP contribution in [0.3, 0.4) is 0 Å². The number of allylic oxidation sites excluding steroid dienone is 4. The van der Waals surface area contributed by atoms with Crippen molar-refractivity contribution in [2.75, 3.05) is 32.1 Å². The molecule has 1 aromatic carbocycles. The lowest BCUT2D eigenvalue weighted by Gasteiger charge is -2.31. The summed E-state index contributed by atoms with van der Waals surface area (Å²) in [6, 6.07) is 8.80. The van der Waals surface area contributed by atoms with Gasteiger partial charge in [0, 0.05) is 24.5 Å². The molecule has 1 unspecified atom stereocenters. The summed E-state index contributed by atoms with van der Waals surface area (Å²) in [7, 11) is 4.28. The quantitative estimate of drug-likeness (QED) is 0.754. The zero-order valence-electron chi connectivity index (χ0n) is 15.0. The summed E-state index contributed by atoms with van der Waals surface area (Å²) in [5, 5.41) is 0. The number of hydrogen-bond donors (Lipinski definition) is 0. The lowest BCUT2D eigenvalue weighted by molar-refractivity contribution is 0.342. The predicted molar refractivity (Wildman–Crippen MR) is 102 cm³/mol. The van der Waals surface area contributed by atoms with E-state index in [0.717, 1.165) is 25.9 Å². The standard InChI is InChI=1S/C21H30N2/c1-6-10-18-13-14-19-11-8-9-12-21(19)23(20(18)7-2)16-17(3)15-22(4)5/h6-12,17H,2,13-16H2,1,3-5H3/b10-6-. The molecule has 1 atom stereocenters. The molecule has 0 saturated carbocycles. The lowest BCUT2D eigenvalue weighted by atomic mass is 10.0. The zero-order valence-corrected chi connectivity index (χ0v) is 15.0. The fourth-order valence-corrected chi connectivity index (χ4v) is 3.49. The number of hydrogen-bond acceptors (Lipinski definition) is 2. The molecular formula is C21H30N2. The Labute approximate surface area is 141 Å². The minimum Gasteiger partial charge on any atom is -0.341 e. The summed E-state index contributed by atoms with van der Waals surface area (Å²) in [6.45, 7) is 10.6. The normalized spacial score (nSPS) is 16.7. The van der Waals surface area contributed by atoms with Crippen molar-refractivity contribution >= 4 is 5.69 Å². The molecule has 2 nitrogen and oxygen atoms in total. The summed E-state index contributed by atoms with van der Waals surface area (Å²) in [5.74, 6) is 0.581. The van der Waals surface area contributed by atoms with Gasteiger partial charge >= 0.3 is 0 Å². The van der Waals surface area contributed by atoms with Gasteiger partial charge in [-0.15, -0.1) is 0 Å². The molecule has 0 fully saturated rings. The Morgan fingerprint density at radius 1 is 1.26 bits per heavy atom. The summed E-state index contributed by atoms with van der Waals surface area (Å²) in [5.41, 5.74) is 5.42. The van der Waals surface area contributed by atoms with Crippen LogP contribution in [-0.2, 0) is 6.42 Å². The van der Waals surface area contributed by atoms with Crippen molar-refractivity contribution in [2.24, 2.45) is 5.92 Å². The van der Waals surface area contributed by atoms with Gasteiger partial charge in [-0.25, -0.2) is 0 Å². The van der Waals surface area contributed by atoms with E-state index in [-0.39, 0.29) is 0 Å². The number of nitrogens with zero attached hydrogens (tertiary/aromatic N) is 2. The van der Waals surface area contributed by atoms with Gasteiger partial charge in [0.2, 0.25) is 0 Å². The van der Waals surface area contributed by atoms with E-state index in [1.54, 1.807) is 0 Å². The van der Waals surface area contributed by atoms with Gasteiger partial charge < -0.3 is 9.80 Å². The lowest BCUT2D eigenvalue weighted by Crippen LogP contribution is -2.33. The Kier molecular flexibility index (Phi) is 6.23. The summed E-state index contributed by atoms with van der Waals surface area (Å²) >= 11 is 0. The van der Waals surface area contributed by atoms with E-state index in [9.17, 15) is 0 Å². The van der Waals surface area contributed by atoms with Gasteiger partial charge in [-0.2, -0.15) is 0 Å². The summed E-state index contributed by atoms with van der Waals surface area (Å²) in [4.78, 5) is 4.73. The molecule has 0 bridgehead atoms. The van der Waals surface area contributed by atoms with E-state index in [2.05, 4.69) is 80.7 Å². The molecule has 23 heavy (non-hydrogen) atoms. The van der Waals surface area contributed by atoms with Crippen molar-refractivity contribution in [2.45, 2.75) is 26.7 Å². The SMILES string of the molecule is C=CC1=C(/C=C\C)CCc2ccccc2N1CC(C)CN(C)C. The van der Waals surface area contributed by atoms with E-state index in [1.807, 2.05) is 6.08 Å². The van der Waals surface area contributed by atoms with Crippen molar-refractivity contribution in [1.29, 1.82) is 0 Å². The molecule has 0 N–H and O–H groups in total. The molecule has 0 saturated heterocycles. The molecule has 0 aromatic heterocycles. The Morgan fingerprint density at radius 2 is 2.00 bits per heavy atom. The van der Waals surface area contributed by atoms with Crippen molar-refractivity contribution in [3.8, 4) is 0 Å². The maximum absolute atomic E-state index is 4.11. The highest BCUT2D eigenvalue weighted by molar-refractivity contribution is 5.63. The first kappa shape index (κ1) is 17.6. The maximum atomic E-state index is 4.11. The second-order valence-electron chi connectivity index (χ2n) is 6.72. The van der Waals surface area contributed by atoms with Gasteiger partial charge in [-0.1, -0.05) is 43.9 Å². The minimum atomic E-state index is 0.581.